The first kappa shape index (κ1) is 15.6. The summed E-state index contributed by atoms with van der Waals surface area (Å²) in [5.41, 5.74) is 2.05. The van der Waals surface area contributed by atoms with Crippen LogP contribution in [0.2, 0.25) is 0 Å². The summed E-state index contributed by atoms with van der Waals surface area (Å²) in [5, 5.41) is 11.7. The minimum absolute atomic E-state index is 0.0418. The molecule has 1 fully saturated rings. The minimum Gasteiger partial charge on any atom is -0.477 e. The monoisotopic (exact) mass is 332 g/mol. The van der Waals surface area contributed by atoms with E-state index in [1.54, 1.807) is 19.1 Å². The van der Waals surface area contributed by atoms with E-state index in [-0.39, 0.29) is 22.9 Å². The van der Waals surface area contributed by atoms with E-state index in [9.17, 15) is 19.5 Å². The van der Waals surface area contributed by atoms with Gasteiger partial charge < -0.3 is 10.4 Å². The van der Waals surface area contributed by atoms with Crippen LogP contribution in [0.25, 0.3) is 0 Å². The normalized spacial score (nSPS) is 23.2. The van der Waals surface area contributed by atoms with E-state index in [0.29, 0.717) is 16.9 Å². The quantitative estimate of drug-likeness (QED) is 0.817. The minimum atomic E-state index is -1.11. The van der Waals surface area contributed by atoms with Crippen molar-refractivity contribution in [2.24, 2.45) is 0 Å². The predicted octanol–water partition coefficient (Wildman–Crippen LogP) is 1.37. The molecule has 2 aliphatic heterocycles. The van der Waals surface area contributed by atoms with E-state index < -0.39 is 12.0 Å². The third-order valence-corrected chi connectivity index (χ3v) is 5.46. The Morgan fingerprint density at radius 3 is 2.65 bits per heavy atom. The van der Waals surface area contributed by atoms with Crippen molar-refractivity contribution in [3.05, 3.63) is 46.7 Å². The first-order valence-electron chi connectivity index (χ1n) is 7.16. The zero-order valence-corrected chi connectivity index (χ0v) is 13.5. The van der Waals surface area contributed by atoms with Gasteiger partial charge in [0.2, 0.25) is 0 Å². The van der Waals surface area contributed by atoms with E-state index in [2.05, 4.69) is 5.32 Å². The molecule has 0 aromatic heterocycles. The summed E-state index contributed by atoms with van der Waals surface area (Å²) in [6.07, 6.45) is 0. The maximum atomic E-state index is 12.3. The Hall–Kier alpha value is -2.28. The molecule has 3 rings (SSSR count). The number of β-lactam (4-membered cyclic amide) rings is 1. The zero-order chi connectivity index (χ0) is 16.7. The van der Waals surface area contributed by atoms with Crippen molar-refractivity contribution in [2.75, 3.05) is 5.75 Å². The van der Waals surface area contributed by atoms with Crippen LogP contribution in [0, 0.1) is 6.92 Å². The Morgan fingerprint density at radius 1 is 1.30 bits per heavy atom. The number of hydrogen-bond acceptors (Lipinski definition) is 4. The number of aryl methyl sites for hydroxylation is 1. The van der Waals surface area contributed by atoms with Crippen molar-refractivity contribution in [1.82, 2.24) is 10.2 Å². The molecule has 0 bridgehead atoms. The molecular formula is C16H16N2O4S. The number of aliphatic carboxylic acids is 1. The van der Waals surface area contributed by atoms with Gasteiger partial charge in [0.1, 0.15) is 17.1 Å². The van der Waals surface area contributed by atoms with Gasteiger partial charge in [-0.3, -0.25) is 14.5 Å². The van der Waals surface area contributed by atoms with Gasteiger partial charge in [-0.1, -0.05) is 18.2 Å². The Kier molecular flexibility index (Phi) is 3.89. The smallest absolute Gasteiger partial charge is 0.352 e. The first-order chi connectivity index (χ1) is 10.9. The van der Waals surface area contributed by atoms with E-state index >= 15 is 0 Å². The molecule has 7 heteroatoms. The zero-order valence-electron chi connectivity index (χ0n) is 12.7. The van der Waals surface area contributed by atoms with Crippen molar-refractivity contribution < 1.29 is 19.5 Å². The van der Waals surface area contributed by atoms with Gasteiger partial charge >= 0.3 is 5.97 Å². The number of carbonyl (C=O) groups is 3. The van der Waals surface area contributed by atoms with Gasteiger partial charge in [-0.25, -0.2) is 4.79 Å². The van der Waals surface area contributed by atoms with Crippen molar-refractivity contribution in [3.8, 4) is 0 Å². The Bertz CT molecular complexity index is 743. The van der Waals surface area contributed by atoms with Crippen molar-refractivity contribution in [2.45, 2.75) is 25.3 Å². The van der Waals surface area contributed by atoms with Crippen molar-refractivity contribution >= 4 is 29.5 Å². The summed E-state index contributed by atoms with van der Waals surface area (Å²) in [4.78, 5) is 37.3. The number of thioether (sulfide) groups is 1. The second-order valence-electron chi connectivity index (χ2n) is 5.61. The standard InChI is InChI=1S/C16H16N2O4S/c1-8-5-3-4-6-10(8)13(19)17-11-14(20)18-12(16(21)22)9(2)7-23-15(11)18/h3-6,11,15H,7H2,1-2H3,(H,17,19)(H,21,22)/t11?,15-/m1/s1. The average molecular weight is 332 g/mol. The first-order valence-corrected chi connectivity index (χ1v) is 8.21. The number of nitrogens with zero attached hydrogens (tertiary/aromatic N) is 1. The van der Waals surface area contributed by atoms with E-state index in [0.717, 1.165) is 5.56 Å². The third-order valence-electron chi connectivity index (χ3n) is 4.04. The van der Waals surface area contributed by atoms with Crippen LogP contribution in [0.3, 0.4) is 0 Å². The molecule has 2 atom stereocenters. The van der Waals surface area contributed by atoms with Crippen LogP contribution in [0.4, 0.5) is 0 Å². The van der Waals surface area contributed by atoms with Gasteiger partial charge in [0.25, 0.3) is 11.8 Å². The van der Waals surface area contributed by atoms with Crippen LogP contribution in [-0.2, 0) is 9.59 Å². The molecule has 120 valence electrons. The summed E-state index contributed by atoms with van der Waals surface area (Å²) >= 11 is 1.46. The highest BCUT2D eigenvalue weighted by molar-refractivity contribution is 8.00. The molecule has 1 saturated heterocycles. The number of carboxylic acid groups (broad SMARTS) is 1. The maximum Gasteiger partial charge on any atom is 0.352 e. The van der Waals surface area contributed by atoms with E-state index in [1.807, 2.05) is 19.1 Å². The lowest BCUT2D eigenvalue weighted by molar-refractivity contribution is -0.148. The lowest BCUT2D eigenvalue weighted by atomic mass is 10.0. The molecule has 0 aliphatic carbocycles. The van der Waals surface area contributed by atoms with E-state index in [4.69, 9.17) is 0 Å². The van der Waals surface area contributed by atoms with Crippen molar-refractivity contribution in [3.63, 3.8) is 0 Å². The van der Waals surface area contributed by atoms with Gasteiger partial charge in [-0.15, -0.1) is 11.8 Å². The molecule has 0 saturated carbocycles. The van der Waals surface area contributed by atoms with E-state index in [1.165, 1.54) is 16.7 Å². The fourth-order valence-electron chi connectivity index (χ4n) is 2.82. The molecule has 1 aromatic carbocycles. The second kappa shape index (κ2) is 5.73. The van der Waals surface area contributed by atoms with Crippen LogP contribution in [0.5, 0.6) is 0 Å². The van der Waals surface area contributed by atoms with Gasteiger partial charge in [0, 0.05) is 11.3 Å². The molecule has 2 N–H and O–H groups in total. The van der Waals surface area contributed by atoms with Crippen molar-refractivity contribution in [1.29, 1.82) is 0 Å². The lowest BCUT2D eigenvalue weighted by Crippen LogP contribution is -2.70. The number of nitrogens with one attached hydrogen (secondary N) is 1. The molecule has 6 nitrogen and oxygen atoms in total. The van der Waals surface area contributed by atoms with Gasteiger partial charge in [-0.05, 0) is 31.1 Å². The molecule has 23 heavy (non-hydrogen) atoms. The second-order valence-corrected chi connectivity index (χ2v) is 6.71. The summed E-state index contributed by atoms with van der Waals surface area (Å²) in [6, 6.07) is 6.45. The number of carbonyl (C=O) groups excluding carboxylic acids is 2. The number of carboxylic acids is 1. The van der Waals surface area contributed by atoms with Crippen LogP contribution in [-0.4, -0.2) is 45.0 Å². The Morgan fingerprint density at radius 2 is 2.00 bits per heavy atom. The molecule has 2 heterocycles. The van der Waals surface area contributed by atoms with Crippen LogP contribution < -0.4 is 5.32 Å². The number of benzene rings is 1. The molecule has 2 amide bonds. The highest BCUT2D eigenvalue weighted by atomic mass is 32.2. The molecule has 1 unspecified atom stereocenters. The molecule has 2 aliphatic rings. The fourth-order valence-corrected chi connectivity index (χ4v) is 4.11. The van der Waals surface area contributed by atoms with Gasteiger partial charge in [0.15, 0.2) is 0 Å². The largest absolute Gasteiger partial charge is 0.477 e. The van der Waals surface area contributed by atoms with Crippen LogP contribution in [0.1, 0.15) is 22.8 Å². The number of fused-ring (bicyclic) bond motifs is 1. The highest BCUT2D eigenvalue weighted by Crippen LogP contribution is 2.40. The average Bonchev–Trinajstić information content (AvgIpc) is 2.52. The van der Waals surface area contributed by atoms with Gasteiger partial charge in [0.05, 0.1) is 0 Å². The molecule has 0 radical (unpaired) electrons. The number of amides is 2. The predicted molar refractivity (Wildman–Crippen MR) is 85.9 cm³/mol. The third kappa shape index (κ3) is 2.50. The maximum absolute atomic E-state index is 12.3. The number of rotatable bonds is 3. The van der Waals surface area contributed by atoms with Gasteiger partial charge in [-0.2, -0.15) is 0 Å². The summed E-state index contributed by atoms with van der Waals surface area (Å²) in [6.45, 7) is 3.53. The lowest BCUT2D eigenvalue weighted by Gasteiger charge is -2.49. The topological polar surface area (TPSA) is 86.7 Å². The molecule has 0 spiro atoms. The van der Waals surface area contributed by atoms with Crippen LogP contribution >= 0.6 is 11.8 Å². The highest BCUT2D eigenvalue weighted by Gasteiger charge is 2.53. The SMILES string of the molecule is CC1=C(C(=O)O)N2C(=O)C(NC(=O)c3ccccc3C)[C@H]2SC1. The Balaban J connectivity index is 1.78. The summed E-state index contributed by atoms with van der Waals surface area (Å²) in [5.74, 6) is -1.26. The fraction of sp³-hybridized carbons (Fsp3) is 0.312. The Labute approximate surface area is 137 Å². The molecular weight excluding hydrogens is 316 g/mol. The summed E-state index contributed by atoms with van der Waals surface area (Å²) < 4.78 is 0. The molecule has 1 aromatic rings. The van der Waals surface area contributed by atoms with Crippen LogP contribution in [0.15, 0.2) is 35.5 Å². The summed E-state index contributed by atoms with van der Waals surface area (Å²) in [7, 11) is 0. The number of hydrogen-bond donors (Lipinski definition) is 2.